The van der Waals surface area contributed by atoms with E-state index in [1.807, 2.05) is 0 Å². The molecule has 0 aromatic carbocycles. The van der Waals surface area contributed by atoms with Crippen molar-refractivity contribution in [3.8, 4) is 0 Å². The Labute approximate surface area is 113 Å². The van der Waals surface area contributed by atoms with Gasteiger partial charge in [0.1, 0.15) is 0 Å². The van der Waals surface area contributed by atoms with Crippen LogP contribution in [-0.2, 0) is 4.79 Å². The first kappa shape index (κ1) is 19.8. The molecule has 3 nitrogen and oxygen atoms in total. The van der Waals surface area contributed by atoms with Crippen LogP contribution in [-0.4, -0.2) is 22.8 Å². The van der Waals surface area contributed by atoms with Gasteiger partial charge in [0.2, 0.25) is 0 Å². The normalized spacial score (nSPS) is 9.72. The van der Waals surface area contributed by atoms with E-state index in [1.165, 1.54) is 57.8 Å². The summed E-state index contributed by atoms with van der Waals surface area (Å²) >= 11 is 0. The lowest BCUT2D eigenvalue weighted by molar-refractivity contribution is -0.136. The van der Waals surface area contributed by atoms with E-state index in [0.717, 1.165) is 6.42 Å². The SMILES string of the molecule is CCC(=O)O.CCCCCCCCCCCCO. The van der Waals surface area contributed by atoms with Crippen molar-refractivity contribution in [2.24, 2.45) is 0 Å². The Morgan fingerprint density at radius 2 is 1.11 bits per heavy atom. The smallest absolute Gasteiger partial charge is 0.303 e. The Morgan fingerprint density at radius 1 is 0.778 bits per heavy atom. The molecule has 0 atom stereocenters. The third kappa shape index (κ3) is 24.6. The molecule has 0 aliphatic heterocycles. The summed E-state index contributed by atoms with van der Waals surface area (Å²) in [6.45, 7) is 4.23. The van der Waals surface area contributed by atoms with Gasteiger partial charge in [0.05, 0.1) is 0 Å². The monoisotopic (exact) mass is 260 g/mol. The number of hydrogen-bond donors (Lipinski definition) is 2. The van der Waals surface area contributed by atoms with Crippen LogP contribution < -0.4 is 0 Å². The predicted octanol–water partition coefficient (Wildman–Crippen LogP) is 4.38. The average molecular weight is 260 g/mol. The van der Waals surface area contributed by atoms with Crippen LogP contribution in [0.4, 0.5) is 0 Å². The van der Waals surface area contributed by atoms with Crippen LogP contribution in [0.15, 0.2) is 0 Å². The number of carbonyl (C=O) groups is 1. The summed E-state index contributed by atoms with van der Waals surface area (Å²) in [5, 5.41) is 16.3. The van der Waals surface area contributed by atoms with Gasteiger partial charge in [-0.3, -0.25) is 4.79 Å². The highest BCUT2D eigenvalue weighted by molar-refractivity contribution is 5.66. The summed E-state index contributed by atoms with van der Waals surface area (Å²) in [7, 11) is 0. The average Bonchev–Trinajstić information content (AvgIpc) is 2.37. The highest BCUT2D eigenvalue weighted by Gasteiger charge is 1.91. The van der Waals surface area contributed by atoms with Crippen LogP contribution in [0.25, 0.3) is 0 Å². The number of carboxylic acid groups (broad SMARTS) is 1. The Hall–Kier alpha value is -0.570. The Morgan fingerprint density at radius 3 is 1.39 bits per heavy atom. The number of unbranched alkanes of at least 4 members (excludes halogenated alkanes) is 9. The zero-order chi connectivity index (χ0) is 14.1. The van der Waals surface area contributed by atoms with Crippen LogP contribution in [0.1, 0.15) is 84.5 Å². The summed E-state index contributed by atoms with van der Waals surface area (Å²) in [4.78, 5) is 9.37. The van der Waals surface area contributed by atoms with Gasteiger partial charge in [0, 0.05) is 13.0 Å². The van der Waals surface area contributed by atoms with Gasteiger partial charge in [-0.15, -0.1) is 0 Å². The van der Waals surface area contributed by atoms with Crippen molar-refractivity contribution in [3.63, 3.8) is 0 Å². The molecule has 0 radical (unpaired) electrons. The second kappa shape index (κ2) is 18.8. The van der Waals surface area contributed by atoms with Gasteiger partial charge in [-0.2, -0.15) is 0 Å². The van der Waals surface area contributed by atoms with E-state index in [1.54, 1.807) is 6.92 Å². The van der Waals surface area contributed by atoms with Crippen LogP contribution in [0.3, 0.4) is 0 Å². The second-order valence-corrected chi connectivity index (χ2v) is 4.65. The Bertz CT molecular complexity index is 148. The fourth-order valence-electron chi connectivity index (χ4n) is 1.60. The largest absolute Gasteiger partial charge is 0.481 e. The maximum Gasteiger partial charge on any atom is 0.303 e. The molecule has 0 aromatic heterocycles. The first-order valence-electron chi connectivity index (χ1n) is 7.51. The van der Waals surface area contributed by atoms with Gasteiger partial charge >= 0.3 is 5.97 Å². The van der Waals surface area contributed by atoms with E-state index in [-0.39, 0.29) is 6.42 Å². The number of hydrogen-bond acceptors (Lipinski definition) is 2. The van der Waals surface area contributed by atoms with E-state index in [4.69, 9.17) is 10.2 Å². The van der Waals surface area contributed by atoms with Crippen molar-refractivity contribution in [2.45, 2.75) is 84.5 Å². The van der Waals surface area contributed by atoms with Gasteiger partial charge in [0.25, 0.3) is 0 Å². The lowest BCUT2D eigenvalue weighted by atomic mass is 10.1. The molecule has 0 spiro atoms. The molecular formula is C15H32O3. The highest BCUT2D eigenvalue weighted by atomic mass is 16.4. The molecule has 0 bridgehead atoms. The van der Waals surface area contributed by atoms with Crippen LogP contribution in [0, 0.1) is 0 Å². The van der Waals surface area contributed by atoms with Gasteiger partial charge in [-0.1, -0.05) is 71.6 Å². The number of aliphatic hydroxyl groups is 1. The quantitative estimate of drug-likeness (QED) is 0.542. The molecule has 3 heteroatoms. The molecule has 0 aromatic rings. The molecule has 0 fully saturated rings. The molecule has 0 saturated carbocycles. The molecular weight excluding hydrogens is 228 g/mol. The second-order valence-electron chi connectivity index (χ2n) is 4.65. The Kier molecular flexibility index (Phi) is 20.6. The molecule has 0 unspecified atom stereocenters. The summed E-state index contributed by atoms with van der Waals surface area (Å²) in [5.74, 6) is -0.745. The van der Waals surface area contributed by atoms with Crippen molar-refractivity contribution in [1.29, 1.82) is 0 Å². The Balaban J connectivity index is 0. The lowest BCUT2D eigenvalue weighted by Crippen LogP contribution is -1.86. The molecule has 0 rings (SSSR count). The van der Waals surface area contributed by atoms with Crippen molar-refractivity contribution >= 4 is 5.97 Å². The maximum absolute atomic E-state index is 9.37. The zero-order valence-corrected chi connectivity index (χ0v) is 12.3. The molecule has 0 aliphatic rings. The van der Waals surface area contributed by atoms with E-state index in [2.05, 4.69) is 6.92 Å². The first-order chi connectivity index (χ1) is 8.68. The third-order valence-corrected chi connectivity index (χ3v) is 2.81. The molecule has 2 N–H and O–H groups in total. The van der Waals surface area contributed by atoms with Crippen molar-refractivity contribution in [2.75, 3.05) is 6.61 Å². The summed E-state index contributed by atoms with van der Waals surface area (Å²) < 4.78 is 0. The molecule has 18 heavy (non-hydrogen) atoms. The minimum Gasteiger partial charge on any atom is -0.481 e. The first-order valence-corrected chi connectivity index (χ1v) is 7.51. The number of aliphatic hydroxyl groups excluding tert-OH is 1. The fourth-order valence-corrected chi connectivity index (χ4v) is 1.60. The van der Waals surface area contributed by atoms with Crippen LogP contribution in [0.5, 0.6) is 0 Å². The predicted molar refractivity (Wildman–Crippen MR) is 76.9 cm³/mol. The third-order valence-electron chi connectivity index (χ3n) is 2.81. The molecule has 110 valence electrons. The van der Waals surface area contributed by atoms with Crippen molar-refractivity contribution in [3.05, 3.63) is 0 Å². The standard InChI is InChI=1S/C12H26O.C3H6O2/c1-2-3-4-5-6-7-8-9-10-11-12-13;1-2-3(4)5/h13H,2-12H2,1H3;2H2,1H3,(H,4,5). The van der Waals surface area contributed by atoms with E-state index < -0.39 is 5.97 Å². The van der Waals surface area contributed by atoms with Gasteiger partial charge < -0.3 is 10.2 Å². The summed E-state index contributed by atoms with van der Waals surface area (Å²) in [6.07, 6.45) is 13.5. The maximum atomic E-state index is 9.37. The number of aliphatic carboxylic acids is 1. The van der Waals surface area contributed by atoms with Gasteiger partial charge in [-0.25, -0.2) is 0 Å². The van der Waals surface area contributed by atoms with E-state index >= 15 is 0 Å². The van der Waals surface area contributed by atoms with Crippen LogP contribution >= 0.6 is 0 Å². The number of carboxylic acids is 1. The molecule has 0 saturated heterocycles. The highest BCUT2D eigenvalue weighted by Crippen LogP contribution is 2.09. The fraction of sp³-hybridized carbons (Fsp3) is 0.933. The van der Waals surface area contributed by atoms with E-state index in [0.29, 0.717) is 6.61 Å². The lowest BCUT2D eigenvalue weighted by Gasteiger charge is -2.00. The minimum atomic E-state index is -0.745. The topological polar surface area (TPSA) is 57.5 Å². The minimum absolute atomic E-state index is 0.222. The zero-order valence-electron chi connectivity index (χ0n) is 12.3. The van der Waals surface area contributed by atoms with E-state index in [9.17, 15) is 4.79 Å². The summed E-state index contributed by atoms with van der Waals surface area (Å²) in [6, 6.07) is 0. The van der Waals surface area contributed by atoms with Crippen molar-refractivity contribution in [1.82, 2.24) is 0 Å². The molecule has 0 aliphatic carbocycles. The molecule has 0 amide bonds. The number of rotatable bonds is 11. The molecule has 0 heterocycles. The van der Waals surface area contributed by atoms with Crippen molar-refractivity contribution < 1.29 is 15.0 Å². The summed E-state index contributed by atoms with van der Waals surface area (Å²) in [5.41, 5.74) is 0. The van der Waals surface area contributed by atoms with Gasteiger partial charge in [-0.05, 0) is 6.42 Å². The van der Waals surface area contributed by atoms with Gasteiger partial charge in [0.15, 0.2) is 0 Å². The van der Waals surface area contributed by atoms with Crippen LogP contribution in [0.2, 0.25) is 0 Å².